The molecule has 0 aromatic carbocycles. The van der Waals surface area contributed by atoms with Gasteiger partial charge in [0, 0.05) is 15.8 Å². The van der Waals surface area contributed by atoms with E-state index in [4.69, 9.17) is 4.42 Å². The molecule has 0 aliphatic heterocycles. The summed E-state index contributed by atoms with van der Waals surface area (Å²) in [6.45, 7) is 2.74. The fourth-order valence-electron chi connectivity index (χ4n) is 2.63. The number of nitrogens with one attached hydrogen (secondary N) is 1. The Morgan fingerprint density at radius 3 is 3.00 bits per heavy atom. The van der Waals surface area contributed by atoms with Crippen molar-refractivity contribution in [1.82, 2.24) is 9.97 Å². The van der Waals surface area contributed by atoms with E-state index >= 15 is 0 Å². The minimum absolute atomic E-state index is 0.0412. The van der Waals surface area contributed by atoms with Gasteiger partial charge in [0.05, 0.1) is 11.6 Å². The number of hydrogen-bond acceptors (Lipinski definition) is 5. The molecule has 5 nitrogen and oxygen atoms in total. The Bertz CT molecular complexity index is 1000. The molecule has 0 saturated heterocycles. The third kappa shape index (κ3) is 2.82. The summed E-state index contributed by atoms with van der Waals surface area (Å²) >= 11 is 3.15. The van der Waals surface area contributed by atoms with E-state index in [-0.39, 0.29) is 11.6 Å². The van der Waals surface area contributed by atoms with Crippen molar-refractivity contribution < 1.29 is 9.73 Å². The third-order valence-electron chi connectivity index (χ3n) is 3.93. The monoisotopic (exact) mass is 358 g/mol. The molecule has 0 unspecified atom stereocenters. The molecule has 122 valence electrons. The highest BCUT2D eigenvalue weighted by Gasteiger charge is 2.18. The van der Waals surface area contributed by atoms with Crippen LogP contribution in [0.4, 0.5) is 0 Å². The van der Waals surface area contributed by atoms with Gasteiger partial charge >= 0.3 is 0 Å². The minimum atomic E-state index is -0.0714. The van der Waals surface area contributed by atoms with Gasteiger partial charge in [-0.2, -0.15) is 0 Å². The Morgan fingerprint density at radius 1 is 1.33 bits per heavy atom. The van der Waals surface area contributed by atoms with Crippen LogP contribution in [0.3, 0.4) is 0 Å². The van der Waals surface area contributed by atoms with Crippen LogP contribution in [0.1, 0.15) is 24.6 Å². The molecule has 0 bridgehead atoms. The van der Waals surface area contributed by atoms with Crippen LogP contribution in [0.2, 0.25) is 0 Å². The van der Waals surface area contributed by atoms with Crippen molar-refractivity contribution in [1.29, 1.82) is 0 Å². The van der Waals surface area contributed by atoms with E-state index in [0.717, 1.165) is 21.0 Å². The maximum atomic E-state index is 12.6. The molecule has 0 spiro atoms. The Balaban J connectivity index is 1.65. The molecule has 24 heavy (non-hydrogen) atoms. The molecule has 1 atom stereocenters. The zero-order valence-corrected chi connectivity index (χ0v) is 14.6. The maximum absolute atomic E-state index is 12.6. The van der Waals surface area contributed by atoms with Crippen LogP contribution in [0.25, 0.3) is 20.7 Å². The highest BCUT2D eigenvalue weighted by molar-refractivity contribution is 7.18. The first-order chi connectivity index (χ1) is 11.7. The molecule has 0 aliphatic rings. The molecule has 4 heterocycles. The van der Waals surface area contributed by atoms with E-state index in [2.05, 4.69) is 15.3 Å². The fourth-order valence-corrected chi connectivity index (χ4v) is 4.40. The second kappa shape index (κ2) is 6.35. The van der Waals surface area contributed by atoms with Crippen molar-refractivity contribution in [2.45, 2.75) is 19.5 Å². The van der Waals surface area contributed by atoms with Gasteiger partial charge in [0.25, 0.3) is 5.56 Å². The molecule has 0 amide bonds. The second-order valence-corrected chi connectivity index (χ2v) is 7.37. The highest BCUT2D eigenvalue weighted by Crippen LogP contribution is 2.33. The number of rotatable bonds is 5. The van der Waals surface area contributed by atoms with Gasteiger partial charge in [0.2, 0.25) is 0 Å². The number of furan rings is 1. The fraction of sp³-hybridized carbons (Fsp3) is 0.176. The van der Waals surface area contributed by atoms with E-state index in [1.807, 2.05) is 41.9 Å². The van der Waals surface area contributed by atoms with Crippen molar-refractivity contribution >= 4 is 32.9 Å². The van der Waals surface area contributed by atoms with Gasteiger partial charge in [-0.25, -0.2) is 4.98 Å². The summed E-state index contributed by atoms with van der Waals surface area (Å²) in [6.07, 6.45) is 1.66. The zero-order valence-electron chi connectivity index (χ0n) is 13.0. The molecule has 3 N–H and O–H groups in total. The van der Waals surface area contributed by atoms with Crippen LogP contribution in [-0.2, 0) is 6.54 Å². The van der Waals surface area contributed by atoms with Crippen LogP contribution < -0.4 is 10.9 Å². The van der Waals surface area contributed by atoms with Gasteiger partial charge in [-0.3, -0.25) is 4.79 Å². The van der Waals surface area contributed by atoms with Crippen molar-refractivity contribution in [2.24, 2.45) is 0 Å². The summed E-state index contributed by atoms with van der Waals surface area (Å²) in [6, 6.07) is 7.87. The topological polar surface area (TPSA) is 75.5 Å². The number of quaternary nitrogens is 1. The summed E-state index contributed by atoms with van der Waals surface area (Å²) in [5, 5.41) is 6.81. The molecule has 0 radical (unpaired) electrons. The molecule has 0 aliphatic carbocycles. The number of hydrogen-bond donors (Lipinski definition) is 2. The number of aromatic amines is 1. The van der Waals surface area contributed by atoms with Crippen LogP contribution in [0, 0.1) is 0 Å². The Kier molecular flexibility index (Phi) is 4.05. The molecule has 4 aromatic heterocycles. The number of thiophene rings is 2. The molecule has 4 rings (SSSR count). The van der Waals surface area contributed by atoms with Crippen molar-refractivity contribution in [2.75, 3.05) is 0 Å². The lowest BCUT2D eigenvalue weighted by atomic mass is 10.2. The van der Waals surface area contributed by atoms with Gasteiger partial charge in [-0.1, -0.05) is 6.07 Å². The predicted octanol–water partition coefficient (Wildman–Crippen LogP) is 3.13. The third-order valence-corrected chi connectivity index (χ3v) is 5.71. The maximum Gasteiger partial charge on any atom is 0.260 e. The first kappa shape index (κ1) is 15.3. The van der Waals surface area contributed by atoms with Crippen LogP contribution in [0.15, 0.2) is 50.5 Å². The van der Waals surface area contributed by atoms with E-state index in [1.54, 1.807) is 17.6 Å². The van der Waals surface area contributed by atoms with Crippen LogP contribution >= 0.6 is 22.7 Å². The second-order valence-electron chi connectivity index (χ2n) is 5.57. The summed E-state index contributed by atoms with van der Waals surface area (Å²) < 4.78 is 5.34. The number of aromatic nitrogens is 2. The van der Waals surface area contributed by atoms with Crippen LogP contribution in [-0.4, -0.2) is 9.97 Å². The minimum Gasteiger partial charge on any atom is -0.463 e. The highest BCUT2D eigenvalue weighted by atomic mass is 32.1. The van der Waals surface area contributed by atoms with E-state index in [0.29, 0.717) is 17.8 Å². The van der Waals surface area contributed by atoms with Gasteiger partial charge in [0.1, 0.15) is 17.4 Å². The lowest BCUT2D eigenvalue weighted by molar-refractivity contribution is -0.710. The largest absolute Gasteiger partial charge is 0.463 e. The van der Waals surface area contributed by atoms with E-state index < -0.39 is 0 Å². The van der Waals surface area contributed by atoms with Crippen LogP contribution in [0.5, 0.6) is 0 Å². The molecular weight excluding hydrogens is 342 g/mol. The quantitative estimate of drug-likeness (QED) is 0.575. The lowest BCUT2D eigenvalue weighted by Gasteiger charge is -2.09. The number of nitrogens with two attached hydrogens (primary N) is 1. The average Bonchev–Trinajstić information content (AvgIpc) is 3.31. The van der Waals surface area contributed by atoms with Gasteiger partial charge in [-0.15, -0.1) is 22.7 Å². The Morgan fingerprint density at radius 2 is 2.25 bits per heavy atom. The average molecular weight is 358 g/mol. The first-order valence-electron chi connectivity index (χ1n) is 7.63. The molecule has 0 fully saturated rings. The number of fused-ring (bicyclic) bond motifs is 1. The molecule has 7 heteroatoms. The zero-order chi connectivity index (χ0) is 16.5. The van der Waals surface area contributed by atoms with Crippen molar-refractivity contribution in [3.05, 3.63) is 63.2 Å². The Hall–Kier alpha value is -2.22. The van der Waals surface area contributed by atoms with Gasteiger partial charge in [0.15, 0.2) is 11.6 Å². The van der Waals surface area contributed by atoms with E-state index in [9.17, 15) is 4.79 Å². The summed E-state index contributed by atoms with van der Waals surface area (Å²) in [4.78, 5) is 22.1. The van der Waals surface area contributed by atoms with Gasteiger partial charge < -0.3 is 14.7 Å². The molecule has 4 aromatic rings. The normalized spacial score (nSPS) is 12.7. The predicted molar refractivity (Wildman–Crippen MR) is 96.3 cm³/mol. The standard InChI is InChI=1S/C17H15N3O2S2/c1-10(18-8-11-4-2-6-22-11)15-19-16(21)14-12(9-24-17(14)20-15)13-5-3-7-23-13/h2-7,9-10,18H,8H2,1H3,(H,19,20,21)/p+1/t10-/m0/s1. The first-order valence-corrected chi connectivity index (χ1v) is 9.39. The van der Waals surface area contributed by atoms with Gasteiger partial charge in [-0.05, 0) is 30.5 Å². The summed E-state index contributed by atoms with van der Waals surface area (Å²) in [7, 11) is 0. The SMILES string of the molecule is C[C@H]([NH2+]Cc1ccco1)c1nc2scc(-c3cccs3)c2c(=O)[nH]1. The number of H-pyrrole nitrogens is 1. The molecular formula is C17H16N3O2S2+. The summed E-state index contributed by atoms with van der Waals surface area (Å²) in [5.74, 6) is 1.60. The molecule has 0 saturated carbocycles. The van der Waals surface area contributed by atoms with Crippen molar-refractivity contribution in [3.63, 3.8) is 0 Å². The smallest absolute Gasteiger partial charge is 0.260 e. The Labute approximate surface area is 146 Å². The summed E-state index contributed by atoms with van der Waals surface area (Å²) in [5.41, 5.74) is 0.899. The van der Waals surface area contributed by atoms with Crippen molar-refractivity contribution in [3.8, 4) is 10.4 Å². The van der Waals surface area contributed by atoms with E-state index in [1.165, 1.54) is 11.3 Å². The lowest BCUT2D eigenvalue weighted by Crippen LogP contribution is -2.83. The number of nitrogens with zero attached hydrogens (tertiary/aromatic N) is 1.